The van der Waals surface area contributed by atoms with Crippen LogP contribution in [0.25, 0.3) is 0 Å². The molecule has 25 heavy (non-hydrogen) atoms. The number of carbonyl (C=O) groups is 1. The first-order chi connectivity index (χ1) is 11.6. The van der Waals surface area contributed by atoms with Crippen molar-refractivity contribution >= 4 is 27.7 Å². The van der Waals surface area contributed by atoms with Crippen LogP contribution < -0.4 is 0 Å². The van der Waals surface area contributed by atoms with Gasteiger partial charge in [-0.15, -0.1) is 0 Å². The van der Waals surface area contributed by atoms with Crippen molar-refractivity contribution in [2.75, 3.05) is 26.2 Å². The van der Waals surface area contributed by atoms with Crippen LogP contribution in [0.3, 0.4) is 0 Å². The van der Waals surface area contributed by atoms with Crippen molar-refractivity contribution in [2.45, 2.75) is 26.4 Å². The molecule has 136 valence electrons. The summed E-state index contributed by atoms with van der Waals surface area (Å²) in [4.78, 5) is 13.5. The summed E-state index contributed by atoms with van der Waals surface area (Å²) < 4.78 is 31.2. The molecule has 0 unspecified atom stereocenters. The van der Waals surface area contributed by atoms with Crippen molar-refractivity contribution in [1.29, 1.82) is 0 Å². The van der Waals surface area contributed by atoms with Crippen LogP contribution in [0.4, 0.5) is 4.79 Å². The third kappa shape index (κ3) is 5.92. The number of sulfonamides is 1. The van der Waals surface area contributed by atoms with E-state index in [1.807, 2.05) is 0 Å². The highest BCUT2D eigenvalue weighted by molar-refractivity contribution is 7.93. The second kappa shape index (κ2) is 7.65. The van der Waals surface area contributed by atoms with E-state index in [0.29, 0.717) is 10.6 Å². The Morgan fingerprint density at radius 3 is 2.20 bits per heavy atom. The maximum atomic E-state index is 12.3. The van der Waals surface area contributed by atoms with Crippen LogP contribution in [0.1, 0.15) is 26.3 Å². The molecule has 1 aliphatic heterocycles. The summed E-state index contributed by atoms with van der Waals surface area (Å²) in [6, 6.07) is 6.62. The van der Waals surface area contributed by atoms with Gasteiger partial charge in [0, 0.05) is 42.0 Å². The second-order valence-electron chi connectivity index (χ2n) is 6.61. The van der Waals surface area contributed by atoms with Crippen LogP contribution in [0, 0.1) is 11.2 Å². The molecule has 0 radical (unpaired) electrons. The SMILES string of the molecule is CC(C)(C)OC(=O)N1CCN(S(=O)(=O)C#Cc2ccc(Cl)cc2)CC1. The molecule has 0 bridgehead atoms. The van der Waals surface area contributed by atoms with Crippen molar-refractivity contribution in [2.24, 2.45) is 0 Å². The van der Waals surface area contributed by atoms with Gasteiger partial charge in [0.05, 0.1) is 0 Å². The van der Waals surface area contributed by atoms with E-state index in [1.165, 1.54) is 9.21 Å². The highest BCUT2D eigenvalue weighted by Gasteiger charge is 2.30. The molecule has 0 atom stereocenters. The Bertz CT molecular complexity index is 781. The Balaban J connectivity index is 1.97. The fraction of sp³-hybridized carbons (Fsp3) is 0.471. The molecule has 1 saturated heterocycles. The van der Waals surface area contributed by atoms with Gasteiger partial charge < -0.3 is 9.64 Å². The lowest BCUT2D eigenvalue weighted by atomic mass is 10.2. The van der Waals surface area contributed by atoms with Crippen LogP contribution in [0.15, 0.2) is 24.3 Å². The molecule has 0 aromatic heterocycles. The predicted molar refractivity (Wildman–Crippen MR) is 96.6 cm³/mol. The molecule has 1 aromatic rings. The van der Waals surface area contributed by atoms with Crippen molar-refractivity contribution in [3.63, 3.8) is 0 Å². The van der Waals surface area contributed by atoms with E-state index in [9.17, 15) is 13.2 Å². The van der Waals surface area contributed by atoms with Crippen LogP contribution in [-0.4, -0.2) is 55.5 Å². The first-order valence-corrected chi connectivity index (χ1v) is 9.65. The molecule has 1 amide bonds. The molecule has 8 heteroatoms. The van der Waals surface area contributed by atoms with Gasteiger partial charge in [-0.3, -0.25) is 0 Å². The summed E-state index contributed by atoms with van der Waals surface area (Å²) in [7, 11) is -3.72. The van der Waals surface area contributed by atoms with Gasteiger partial charge in [-0.25, -0.2) is 4.79 Å². The molecule has 2 rings (SSSR count). The smallest absolute Gasteiger partial charge is 0.410 e. The minimum absolute atomic E-state index is 0.191. The van der Waals surface area contributed by atoms with Crippen molar-refractivity contribution in [1.82, 2.24) is 9.21 Å². The van der Waals surface area contributed by atoms with Crippen LogP contribution >= 0.6 is 11.6 Å². The van der Waals surface area contributed by atoms with E-state index in [2.05, 4.69) is 11.2 Å². The molecule has 1 fully saturated rings. The van der Waals surface area contributed by atoms with E-state index in [0.717, 1.165) is 0 Å². The molecule has 0 spiro atoms. The number of ether oxygens (including phenoxy) is 1. The summed E-state index contributed by atoms with van der Waals surface area (Å²) in [6.07, 6.45) is -0.434. The standard InChI is InChI=1S/C17H21ClN2O4S/c1-17(2,3)24-16(21)19-9-11-20(12-10-19)25(22,23)13-8-14-4-6-15(18)7-5-14/h4-7H,9-12H2,1-3H3. The zero-order valence-corrected chi connectivity index (χ0v) is 16.0. The average molecular weight is 385 g/mol. The Morgan fingerprint density at radius 2 is 1.68 bits per heavy atom. The van der Waals surface area contributed by atoms with Gasteiger partial charge >= 0.3 is 6.09 Å². The Morgan fingerprint density at radius 1 is 1.12 bits per heavy atom. The maximum absolute atomic E-state index is 12.3. The highest BCUT2D eigenvalue weighted by atomic mass is 35.5. The first kappa shape index (κ1) is 19.6. The lowest BCUT2D eigenvalue weighted by Gasteiger charge is -2.34. The lowest BCUT2D eigenvalue weighted by molar-refractivity contribution is 0.0193. The van der Waals surface area contributed by atoms with E-state index >= 15 is 0 Å². The zero-order valence-electron chi connectivity index (χ0n) is 14.5. The number of hydrogen-bond donors (Lipinski definition) is 0. The number of amides is 1. The highest BCUT2D eigenvalue weighted by Crippen LogP contribution is 2.14. The predicted octanol–water partition coefficient (Wildman–Crippen LogP) is 2.53. The molecule has 1 aliphatic rings. The quantitative estimate of drug-likeness (QED) is 0.698. The minimum Gasteiger partial charge on any atom is -0.444 e. The van der Waals surface area contributed by atoms with Gasteiger partial charge in [-0.1, -0.05) is 11.6 Å². The van der Waals surface area contributed by atoms with Crippen molar-refractivity contribution in [3.8, 4) is 11.2 Å². The van der Waals surface area contributed by atoms with Crippen LogP contribution in [0.5, 0.6) is 0 Å². The van der Waals surface area contributed by atoms with Gasteiger partial charge in [0.1, 0.15) is 5.60 Å². The summed E-state index contributed by atoms with van der Waals surface area (Å²) >= 11 is 5.79. The van der Waals surface area contributed by atoms with Gasteiger partial charge in [0.25, 0.3) is 10.0 Å². The molecule has 1 heterocycles. The normalized spacial score (nSPS) is 16.1. The topological polar surface area (TPSA) is 66.9 Å². The zero-order chi connectivity index (χ0) is 18.7. The fourth-order valence-electron chi connectivity index (χ4n) is 2.16. The summed E-state index contributed by atoms with van der Waals surface area (Å²) in [6.45, 7) is 6.30. The molecule has 1 aromatic carbocycles. The van der Waals surface area contributed by atoms with E-state index < -0.39 is 21.7 Å². The number of carbonyl (C=O) groups excluding carboxylic acids is 1. The van der Waals surface area contributed by atoms with E-state index in [-0.39, 0.29) is 26.2 Å². The second-order valence-corrected chi connectivity index (χ2v) is 8.71. The van der Waals surface area contributed by atoms with Crippen molar-refractivity contribution in [3.05, 3.63) is 34.9 Å². The summed E-state index contributed by atoms with van der Waals surface area (Å²) in [5.41, 5.74) is -0.00923. The maximum Gasteiger partial charge on any atom is 0.410 e. The molecular formula is C17H21ClN2O4S. The van der Waals surface area contributed by atoms with Gasteiger partial charge in [-0.05, 0) is 51.0 Å². The van der Waals surface area contributed by atoms with E-state index in [4.69, 9.17) is 16.3 Å². The number of nitrogens with zero attached hydrogens (tertiary/aromatic N) is 2. The van der Waals surface area contributed by atoms with Gasteiger partial charge in [-0.2, -0.15) is 12.7 Å². The molecular weight excluding hydrogens is 364 g/mol. The number of piperazine rings is 1. The monoisotopic (exact) mass is 384 g/mol. The average Bonchev–Trinajstić information content (AvgIpc) is 2.53. The Hall–Kier alpha value is -1.75. The van der Waals surface area contributed by atoms with Gasteiger partial charge in [0.2, 0.25) is 0 Å². The summed E-state index contributed by atoms with van der Waals surface area (Å²) in [5, 5.41) is 2.88. The lowest BCUT2D eigenvalue weighted by Crippen LogP contribution is -2.51. The molecule has 0 aliphatic carbocycles. The van der Waals surface area contributed by atoms with Gasteiger partial charge in [0.15, 0.2) is 0 Å². The number of benzene rings is 1. The largest absolute Gasteiger partial charge is 0.444 e. The molecule has 6 nitrogen and oxygen atoms in total. The van der Waals surface area contributed by atoms with E-state index in [1.54, 1.807) is 45.0 Å². The third-order valence-corrected chi connectivity index (χ3v) is 5.06. The van der Waals surface area contributed by atoms with Crippen LogP contribution in [-0.2, 0) is 14.8 Å². The Labute approximate surface area is 153 Å². The third-order valence-electron chi connectivity index (χ3n) is 3.40. The summed E-state index contributed by atoms with van der Waals surface area (Å²) in [5.74, 6) is 2.63. The number of rotatable bonds is 1. The van der Waals surface area contributed by atoms with Crippen molar-refractivity contribution < 1.29 is 17.9 Å². The Kier molecular flexibility index (Phi) is 5.99. The van der Waals surface area contributed by atoms with Crippen LogP contribution in [0.2, 0.25) is 5.02 Å². The molecule has 0 N–H and O–H groups in total. The first-order valence-electron chi connectivity index (χ1n) is 7.83. The number of halogens is 1. The molecule has 0 saturated carbocycles. The fourth-order valence-corrected chi connectivity index (χ4v) is 3.30. The number of hydrogen-bond acceptors (Lipinski definition) is 4. The minimum atomic E-state index is -3.72.